The van der Waals surface area contributed by atoms with E-state index in [2.05, 4.69) is 33.1 Å². The van der Waals surface area contributed by atoms with Crippen LogP contribution in [0.15, 0.2) is 48.5 Å². The highest BCUT2D eigenvalue weighted by molar-refractivity contribution is 6.31. The predicted molar refractivity (Wildman–Crippen MR) is 130 cm³/mol. The third-order valence-corrected chi connectivity index (χ3v) is 6.49. The molecule has 1 aliphatic rings. The molecule has 32 heavy (non-hydrogen) atoms. The Labute approximate surface area is 193 Å². The van der Waals surface area contributed by atoms with Crippen molar-refractivity contribution in [2.24, 2.45) is 0 Å². The molecular formula is C25H30ClFN4O. The smallest absolute Gasteiger partial charge is 0.267 e. The van der Waals surface area contributed by atoms with Gasteiger partial charge in [-0.1, -0.05) is 42.8 Å². The maximum Gasteiger partial charge on any atom is 0.267 e. The molecule has 1 amide bonds. The van der Waals surface area contributed by atoms with Crippen molar-refractivity contribution >= 4 is 34.1 Å². The molecule has 1 saturated heterocycles. The normalized spacial score (nSPS) is 15.8. The van der Waals surface area contributed by atoms with Gasteiger partial charge >= 0.3 is 0 Å². The summed E-state index contributed by atoms with van der Waals surface area (Å²) in [7, 11) is 0. The lowest BCUT2D eigenvalue weighted by Crippen LogP contribution is -2.48. The Balaban J connectivity index is 1.20. The minimum absolute atomic E-state index is 0.199. The number of amides is 1. The standard InChI is InChI=1S/C25H30ClFN4O/c1-2-20-21(26)7-5-9-24(20)31-14-12-30(13-15-31)17-19(27)10-11-28-25(32)23-16-18-6-3-4-8-22(18)29-23/h3-9,16,19,29H,2,10-15,17H2,1H3,(H,28,32)/t19-/m0/s1. The first-order chi connectivity index (χ1) is 15.5. The third kappa shape index (κ3) is 5.25. The summed E-state index contributed by atoms with van der Waals surface area (Å²) in [6.07, 6.45) is 0.230. The van der Waals surface area contributed by atoms with E-state index in [1.54, 1.807) is 0 Å². The van der Waals surface area contributed by atoms with Gasteiger partial charge in [0.05, 0.1) is 0 Å². The maximum absolute atomic E-state index is 14.6. The molecule has 2 N–H and O–H groups in total. The summed E-state index contributed by atoms with van der Waals surface area (Å²) in [6, 6.07) is 15.6. The number of fused-ring (bicyclic) bond motifs is 1. The highest BCUT2D eigenvalue weighted by Crippen LogP contribution is 2.28. The van der Waals surface area contributed by atoms with Crippen molar-refractivity contribution in [3.05, 3.63) is 64.8 Å². The fourth-order valence-corrected chi connectivity index (χ4v) is 4.67. The number of anilines is 1. The van der Waals surface area contributed by atoms with Gasteiger partial charge in [0.1, 0.15) is 11.9 Å². The zero-order valence-corrected chi connectivity index (χ0v) is 19.2. The lowest BCUT2D eigenvalue weighted by Gasteiger charge is -2.37. The quantitative estimate of drug-likeness (QED) is 0.518. The molecule has 0 radical (unpaired) electrons. The van der Waals surface area contributed by atoms with E-state index in [1.165, 1.54) is 11.3 Å². The molecule has 0 spiro atoms. The number of para-hydroxylation sites is 1. The van der Waals surface area contributed by atoms with Crippen LogP contribution in [0.1, 0.15) is 29.4 Å². The van der Waals surface area contributed by atoms with Gasteiger partial charge in [0.25, 0.3) is 5.91 Å². The van der Waals surface area contributed by atoms with Gasteiger partial charge in [-0.2, -0.15) is 0 Å². The minimum Gasteiger partial charge on any atom is -0.369 e. The van der Waals surface area contributed by atoms with E-state index >= 15 is 0 Å². The molecule has 1 atom stereocenters. The van der Waals surface area contributed by atoms with Crippen LogP contribution in [-0.4, -0.2) is 61.2 Å². The maximum atomic E-state index is 14.6. The fraction of sp³-hybridized carbons (Fsp3) is 0.400. The number of rotatable bonds is 8. The van der Waals surface area contributed by atoms with Crippen molar-refractivity contribution < 1.29 is 9.18 Å². The van der Waals surface area contributed by atoms with E-state index in [-0.39, 0.29) is 5.91 Å². The van der Waals surface area contributed by atoms with Gasteiger partial charge in [-0.15, -0.1) is 0 Å². The predicted octanol–water partition coefficient (Wildman–Crippen LogP) is 4.66. The van der Waals surface area contributed by atoms with Gasteiger partial charge in [0.2, 0.25) is 0 Å². The van der Waals surface area contributed by atoms with Gasteiger partial charge in [-0.3, -0.25) is 9.69 Å². The van der Waals surface area contributed by atoms with E-state index in [0.29, 0.717) is 25.2 Å². The van der Waals surface area contributed by atoms with E-state index in [9.17, 15) is 9.18 Å². The molecule has 0 unspecified atom stereocenters. The van der Waals surface area contributed by atoms with Crippen LogP contribution in [0.4, 0.5) is 10.1 Å². The fourth-order valence-electron chi connectivity index (χ4n) is 4.37. The Morgan fingerprint density at radius 2 is 1.94 bits per heavy atom. The summed E-state index contributed by atoms with van der Waals surface area (Å²) < 4.78 is 14.6. The van der Waals surface area contributed by atoms with Gasteiger partial charge < -0.3 is 15.2 Å². The number of benzene rings is 2. The van der Waals surface area contributed by atoms with Crippen molar-refractivity contribution in [3.8, 4) is 0 Å². The molecule has 1 aromatic heterocycles. The van der Waals surface area contributed by atoms with Crippen LogP contribution >= 0.6 is 11.6 Å². The number of alkyl halides is 1. The molecular weight excluding hydrogens is 427 g/mol. The number of carbonyl (C=O) groups is 1. The number of nitrogens with zero attached hydrogens (tertiary/aromatic N) is 2. The van der Waals surface area contributed by atoms with Crippen molar-refractivity contribution in [2.75, 3.05) is 44.2 Å². The Morgan fingerprint density at radius 3 is 2.69 bits per heavy atom. The number of halogens is 2. The summed E-state index contributed by atoms with van der Waals surface area (Å²) in [6.45, 7) is 6.18. The van der Waals surface area contributed by atoms with Crippen LogP contribution in [0.5, 0.6) is 0 Å². The number of hydrogen-bond acceptors (Lipinski definition) is 3. The SMILES string of the molecule is CCc1c(Cl)cccc1N1CCN(C[C@@H](F)CCNC(=O)c2cc3ccccc3[nH]2)CC1. The van der Waals surface area contributed by atoms with Gasteiger partial charge in [0, 0.05) is 60.9 Å². The van der Waals surface area contributed by atoms with Gasteiger partial charge in [-0.05, 0) is 42.7 Å². The molecule has 2 heterocycles. The average Bonchev–Trinajstić information content (AvgIpc) is 3.24. The molecule has 4 rings (SSSR count). The van der Waals surface area contributed by atoms with E-state index < -0.39 is 6.17 Å². The van der Waals surface area contributed by atoms with E-state index in [4.69, 9.17) is 11.6 Å². The number of H-pyrrole nitrogens is 1. The summed E-state index contributed by atoms with van der Waals surface area (Å²) in [5.41, 5.74) is 3.79. The third-order valence-electron chi connectivity index (χ3n) is 6.13. The molecule has 7 heteroatoms. The molecule has 0 bridgehead atoms. The van der Waals surface area contributed by atoms with Gasteiger partial charge in [-0.25, -0.2) is 4.39 Å². The second kappa shape index (κ2) is 10.4. The molecule has 170 valence electrons. The van der Waals surface area contributed by atoms with Crippen LogP contribution in [0, 0.1) is 0 Å². The Hall–Kier alpha value is -2.57. The van der Waals surface area contributed by atoms with Gasteiger partial charge in [0.15, 0.2) is 0 Å². The second-order valence-electron chi connectivity index (χ2n) is 8.29. The van der Waals surface area contributed by atoms with Crippen LogP contribution in [0.25, 0.3) is 10.9 Å². The Morgan fingerprint density at radius 1 is 1.16 bits per heavy atom. The molecule has 1 aliphatic heterocycles. The lowest BCUT2D eigenvalue weighted by molar-refractivity contribution is 0.0943. The van der Waals surface area contributed by atoms with Crippen LogP contribution < -0.4 is 10.2 Å². The van der Waals surface area contributed by atoms with Crippen molar-refractivity contribution in [1.29, 1.82) is 0 Å². The summed E-state index contributed by atoms with van der Waals surface area (Å²) in [4.78, 5) is 19.9. The minimum atomic E-state index is -0.970. The summed E-state index contributed by atoms with van der Waals surface area (Å²) in [5, 5.41) is 4.63. The molecule has 2 aromatic carbocycles. The summed E-state index contributed by atoms with van der Waals surface area (Å²) in [5.74, 6) is -0.199. The highest BCUT2D eigenvalue weighted by Gasteiger charge is 2.22. The second-order valence-corrected chi connectivity index (χ2v) is 8.70. The van der Waals surface area contributed by atoms with Crippen molar-refractivity contribution in [1.82, 2.24) is 15.2 Å². The number of aromatic nitrogens is 1. The monoisotopic (exact) mass is 456 g/mol. The zero-order chi connectivity index (χ0) is 22.5. The average molecular weight is 457 g/mol. The highest BCUT2D eigenvalue weighted by atomic mass is 35.5. The number of piperazine rings is 1. The number of hydrogen-bond donors (Lipinski definition) is 2. The van der Waals surface area contributed by atoms with E-state index in [1.807, 2.05) is 42.5 Å². The first kappa shape index (κ1) is 22.6. The lowest BCUT2D eigenvalue weighted by atomic mass is 10.1. The molecule has 5 nitrogen and oxygen atoms in total. The van der Waals surface area contributed by atoms with Crippen molar-refractivity contribution in [2.45, 2.75) is 25.9 Å². The Kier molecular flexibility index (Phi) is 7.33. The molecule has 3 aromatic rings. The van der Waals surface area contributed by atoms with Crippen molar-refractivity contribution in [3.63, 3.8) is 0 Å². The Bertz CT molecular complexity index is 1030. The van der Waals surface area contributed by atoms with Crippen LogP contribution in [0.3, 0.4) is 0 Å². The molecule has 1 fully saturated rings. The zero-order valence-electron chi connectivity index (χ0n) is 18.4. The van der Waals surface area contributed by atoms with Crippen LogP contribution in [0.2, 0.25) is 5.02 Å². The number of carbonyl (C=O) groups excluding carboxylic acids is 1. The van der Waals surface area contributed by atoms with E-state index in [0.717, 1.165) is 48.5 Å². The molecule has 0 aliphatic carbocycles. The molecule has 0 saturated carbocycles. The first-order valence-electron chi connectivity index (χ1n) is 11.3. The number of aromatic amines is 1. The topological polar surface area (TPSA) is 51.4 Å². The summed E-state index contributed by atoms with van der Waals surface area (Å²) >= 11 is 6.36. The number of nitrogens with one attached hydrogen (secondary N) is 2. The first-order valence-corrected chi connectivity index (χ1v) is 11.7. The largest absolute Gasteiger partial charge is 0.369 e. The van der Waals surface area contributed by atoms with Crippen LogP contribution in [-0.2, 0) is 6.42 Å².